The molecular weight excluding hydrogens is 292 g/mol. The molecule has 2 saturated heterocycles. The van der Waals surface area contributed by atoms with Crippen molar-refractivity contribution in [1.82, 2.24) is 9.80 Å². The average Bonchev–Trinajstić information content (AvgIpc) is 3.19. The van der Waals surface area contributed by atoms with Crippen LogP contribution < -0.4 is 4.74 Å². The Bertz CT molecular complexity index is 631. The van der Waals surface area contributed by atoms with Crippen molar-refractivity contribution in [3.8, 4) is 5.75 Å². The molecule has 2 fully saturated rings. The van der Waals surface area contributed by atoms with E-state index in [1.54, 1.807) is 0 Å². The van der Waals surface area contributed by atoms with E-state index in [-0.39, 0.29) is 17.7 Å². The van der Waals surface area contributed by atoms with Crippen molar-refractivity contribution in [2.24, 2.45) is 0 Å². The van der Waals surface area contributed by atoms with E-state index in [9.17, 15) is 4.79 Å². The third-order valence-corrected chi connectivity index (χ3v) is 5.26. The number of hydrogen-bond donors (Lipinski definition) is 0. The van der Waals surface area contributed by atoms with Gasteiger partial charge in [-0.2, -0.15) is 0 Å². The van der Waals surface area contributed by atoms with E-state index in [4.69, 9.17) is 9.47 Å². The molecule has 124 valence electrons. The second-order valence-electron chi connectivity index (χ2n) is 7.24. The summed E-state index contributed by atoms with van der Waals surface area (Å²) >= 11 is 0. The van der Waals surface area contributed by atoms with Crippen molar-refractivity contribution in [3.63, 3.8) is 0 Å². The lowest BCUT2D eigenvalue weighted by Crippen LogP contribution is -2.52. The molecule has 1 amide bonds. The van der Waals surface area contributed by atoms with E-state index in [2.05, 4.69) is 36.9 Å². The highest BCUT2D eigenvalue weighted by molar-refractivity contribution is 5.71. The molecule has 1 aromatic rings. The molecule has 5 nitrogen and oxygen atoms in total. The summed E-state index contributed by atoms with van der Waals surface area (Å²) in [5, 5.41) is 0. The Labute approximate surface area is 137 Å². The van der Waals surface area contributed by atoms with E-state index in [0.29, 0.717) is 6.61 Å². The van der Waals surface area contributed by atoms with Gasteiger partial charge in [-0.25, -0.2) is 4.79 Å². The average molecular weight is 316 g/mol. The zero-order chi connectivity index (χ0) is 16.0. The third kappa shape index (κ3) is 2.47. The van der Waals surface area contributed by atoms with Gasteiger partial charge in [-0.05, 0) is 37.5 Å². The van der Waals surface area contributed by atoms with Crippen LogP contribution in [-0.4, -0.2) is 53.8 Å². The van der Waals surface area contributed by atoms with Gasteiger partial charge in [0, 0.05) is 32.1 Å². The lowest BCUT2D eigenvalue weighted by Gasteiger charge is -2.34. The number of benzene rings is 1. The van der Waals surface area contributed by atoms with Gasteiger partial charge < -0.3 is 9.47 Å². The molecule has 0 saturated carbocycles. The Balaban J connectivity index is 1.47. The van der Waals surface area contributed by atoms with Crippen LogP contribution in [0.4, 0.5) is 4.79 Å². The van der Waals surface area contributed by atoms with Crippen molar-refractivity contribution >= 4 is 6.09 Å². The monoisotopic (exact) mass is 316 g/mol. The first kappa shape index (κ1) is 14.8. The van der Waals surface area contributed by atoms with Crippen LogP contribution >= 0.6 is 0 Å². The summed E-state index contributed by atoms with van der Waals surface area (Å²) < 4.78 is 10.9. The summed E-state index contributed by atoms with van der Waals surface area (Å²) in [4.78, 5) is 16.4. The number of fused-ring (bicyclic) bond motifs is 1. The van der Waals surface area contributed by atoms with Crippen LogP contribution in [0.5, 0.6) is 5.75 Å². The van der Waals surface area contributed by atoms with Gasteiger partial charge in [0.05, 0.1) is 12.1 Å². The quantitative estimate of drug-likeness (QED) is 0.859. The summed E-state index contributed by atoms with van der Waals surface area (Å²) in [6.45, 7) is 8.29. The Morgan fingerprint density at radius 3 is 3.00 bits per heavy atom. The first-order valence-corrected chi connectivity index (χ1v) is 8.50. The molecule has 1 unspecified atom stereocenters. The van der Waals surface area contributed by atoms with Crippen LogP contribution in [0.1, 0.15) is 31.4 Å². The van der Waals surface area contributed by atoms with E-state index in [0.717, 1.165) is 44.8 Å². The topological polar surface area (TPSA) is 42.0 Å². The van der Waals surface area contributed by atoms with Gasteiger partial charge in [0.1, 0.15) is 12.4 Å². The highest BCUT2D eigenvalue weighted by Crippen LogP contribution is 2.36. The maximum absolute atomic E-state index is 12.0. The van der Waals surface area contributed by atoms with E-state index >= 15 is 0 Å². The Kier molecular flexibility index (Phi) is 3.48. The lowest BCUT2D eigenvalue weighted by atomic mass is 9.97. The number of cyclic esters (lactones) is 1. The number of amides is 1. The van der Waals surface area contributed by atoms with Crippen molar-refractivity contribution in [2.75, 3.05) is 26.3 Å². The normalized spacial score (nSPS) is 26.9. The lowest BCUT2D eigenvalue weighted by molar-refractivity contribution is 0.128. The number of hydrogen-bond acceptors (Lipinski definition) is 4. The molecule has 1 atom stereocenters. The minimum absolute atomic E-state index is 0.134. The molecule has 3 aliphatic heterocycles. The molecule has 3 heterocycles. The van der Waals surface area contributed by atoms with E-state index < -0.39 is 0 Å². The van der Waals surface area contributed by atoms with Gasteiger partial charge in [0.25, 0.3) is 0 Å². The van der Waals surface area contributed by atoms with Crippen LogP contribution in [0.15, 0.2) is 18.2 Å². The van der Waals surface area contributed by atoms with Gasteiger partial charge in [0.15, 0.2) is 0 Å². The first-order valence-electron chi connectivity index (χ1n) is 8.50. The van der Waals surface area contributed by atoms with Crippen LogP contribution in [0, 0.1) is 0 Å². The largest absolute Gasteiger partial charge is 0.493 e. The van der Waals surface area contributed by atoms with E-state index in [1.807, 2.05) is 4.90 Å². The fraction of sp³-hybridized carbons (Fsp3) is 0.611. The van der Waals surface area contributed by atoms with Crippen LogP contribution in [0.2, 0.25) is 0 Å². The summed E-state index contributed by atoms with van der Waals surface area (Å²) in [6.07, 6.45) is 1.85. The Morgan fingerprint density at radius 2 is 2.17 bits per heavy atom. The number of carbonyl (C=O) groups is 1. The number of ether oxygens (including phenoxy) is 2. The van der Waals surface area contributed by atoms with Crippen molar-refractivity contribution < 1.29 is 14.3 Å². The molecule has 23 heavy (non-hydrogen) atoms. The molecule has 5 heteroatoms. The van der Waals surface area contributed by atoms with Crippen LogP contribution in [0.25, 0.3) is 0 Å². The van der Waals surface area contributed by atoms with Gasteiger partial charge in [-0.3, -0.25) is 9.80 Å². The van der Waals surface area contributed by atoms with Gasteiger partial charge in [0.2, 0.25) is 0 Å². The maximum Gasteiger partial charge on any atom is 0.410 e. The number of nitrogens with zero attached hydrogens (tertiary/aromatic N) is 2. The minimum Gasteiger partial charge on any atom is -0.493 e. The summed E-state index contributed by atoms with van der Waals surface area (Å²) in [5.41, 5.74) is 2.51. The Morgan fingerprint density at radius 1 is 1.30 bits per heavy atom. The van der Waals surface area contributed by atoms with E-state index in [1.165, 1.54) is 11.1 Å². The SMILES string of the molecule is CC(C)N1C(=O)OCC12CCN(Cc1ccc3c(c1)CCO3)C2. The summed E-state index contributed by atoms with van der Waals surface area (Å²) in [5.74, 6) is 1.03. The maximum atomic E-state index is 12.0. The molecule has 0 N–H and O–H groups in total. The Hall–Kier alpha value is -1.75. The minimum atomic E-state index is -0.156. The molecule has 0 aliphatic carbocycles. The molecule has 1 spiro atoms. The van der Waals surface area contributed by atoms with Crippen molar-refractivity contribution in [3.05, 3.63) is 29.3 Å². The molecule has 0 aromatic heterocycles. The molecule has 4 rings (SSSR count). The first-order chi connectivity index (χ1) is 11.1. The zero-order valence-electron chi connectivity index (χ0n) is 13.9. The standard InChI is InChI=1S/C18H24N2O3/c1-13(2)20-17(21)23-12-18(20)6-7-19(11-18)10-14-3-4-16-15(9-14)5-8-22-16/h3-4,9,13H,5-8,10-12H2,1-2H3. The number of rotatable bonds is 3. The highest BCUT2D eigenvalue weighted by atomic mass is 16.6. The van der Waals surface area contributed by atoms with Crippen LogP contribution in [0.3, 0.4) is 0 Å². The fourth-order valence-corrected chi connectivity index (χ4v) is 4.27. The molecule has 3 aliphatic rings. The molecule has 0 bridgehead atoms. The predicted molar refractivity (Wildman–Crippen MR) is 86.6 cm³/mol. The molecule has 0 radical (unpaired) electrons. The second-order valence-corrected chi connectivity index (χ2v) is 7.24. The summed E-state index contributed by atoms with van der Waals surface area (Å²) in [6, 6.07) is 6.70. The molecule has 1 aromatic carbocycles. The highest BCUT2D eigenvalue weighted by Gasteiger charge is 2.52. The smallest absolute Gasteiger partial charge is 0.410 e. The van der Waals surface area contributed by atoms with Gasteiger partial charge in [-0.15, -0.1) is 0 Å². The van der Waals surface area contributed by atoms with Gasteiger partial charge in [-0.1, -0.05) is 12.1 Å². The summed E-state index contributed by atoms with van der Waals surface area (Å²) in [7, 11) is 0. The zero-order valence-corrected chi connectivity index (χ0v) is 13.9. The number of carbonyl (C=O) groups excluding carboxylic acids is 1. The fourth-order valence-electron chi connectivity index (χ4n) is 4.27. The van der Waals surface area contributed by atoms with Crippen molar-refractivity contribution in [2.45, 2.75) is 44.8 Å². The van der Waals surface area contributed by atoms with Crippen molar-refractivity contribution in [1.29, 1.82) is 0 Å². The third-order valence-electron chi connectivity index (χ3n) is 5.26. The van der Waals surface area contributed by atoms with Crippen LogP contribution in [-0.2, 0) is 17.7 Å². The number of likely N-dealkylation sites (tertiary alicyclic amines) is 1. The predicted octanol–water partition coefficient (Wildman–Crippen LogP) is 2.43. The van der Waals surface area contributed by atoms with Gasteiger partial charge >= 0.3 is 6.09 Å². The molecular formula is C18H24N2O3. The second kappa shape index (κ2) is 5.41.